The molecule has 0 bridgehead atoms. The Morgan fingerprint density at radius 1 is 1.24 bits per heavy atom. The van der Waals surface area contributed by atoms with E-state index in [9.17, 15) is 9.90 Å². The maximum atomic E-state index is 12.2. The lowest BCUT2D eigenvalue weighted by molar-refractivity contribution is 0.175. The number of nitrogens with zero attached hydrogens (tertiary/aromatic N) is 1. The monoisotopic (exact) mass is 393 g/mol. The van der Waals surface area contributed by atoms with Crippen molar-refractivity contribution in [2.24, 2.45) is 5.92 Å². The van der Waals surface area contributed by atoms with Crippen molar-refractivity contribution in [2.75, 3.05) is 20.2 Å². The molecule has 5 nitrogen and oxygen atoms in total. The van der Waals surface area contributed by atoms with Crippen LogP contribution < -0.4 is 10.4 Å². The van der Waals surface area contributed by atoms with Crippen molar-refractivity contribution in [3.8, 4) is 22.6 Å². The lowest BCUT2D eigenvalue weighted by Crippen LogP contribution is -2.33. The maximum absolute atomic E-state index is 12.2. The van der Waals surface area contributed by atoms with Gasteiger partial charge in [0.05, 0.1) is 7.11 Å². The molecule has 152 valence electrons. The predicted molar refractivity (Wildman–Crippen MR) is 115 cm³/mol. The molecule has 2 heterocycles. The van der Waals surface area contributed by atoms with Crippen LogP contribution in [0.1, 0.15) is 30.9 Å². The van der Waals surface area contributed by atoms with Gasteiger partial charge < -0.3 is 14.3 Å². The van der Waals surface area contributed by atoms with Gasteiger partial charge >= 0.3 is 5.63 Å². The number of fused-ring (bicyclic) bond motifs is 1. The van der Waals surface area contributed by atoms with E-state index in [0.29, 0.717) is 23.6 Å². The van der Waals surface area contributed by atoms with Gasteiger partial charge in [0.25, 0.3) is 0 Å². The van der Waals surface area contributed by atoms with E-state index in [1.54, 1.807) is 14.0 Å². The number of likely N-dealkylation sites (tertiary alicyclic amines) is 1. The van der Waals surface area contributed by atoms with Crippen LogP contribution in [0.5, 0.6) is 11.5 Å². The van der Waals surface area contributed by atoms with Crippen molar-refractivity contribution in [3.63, 3.8) is 0 Å². The van der Waals surface area contributed by atoms with E-state index in [2.05, 4.69) is 11.8 Å². The highest BCUT2D eigenvalue weighted by Gasteiger charge is 2.21. The first-order valence-corrected chi connectivity index (χ1v) is 10.1. The summed E-state index contributed by atoms with van der Waals surface area (Å²) in [4.78, 5) is 14.6. The first kappa shape index (κ1) is 19.5. The fraction of sp³-hybridized carbons (Fsp3) is 0.375. The molecule has 3 aromatic rings. The summed E-state index contributed by atoms with van der Waals surface area (Å²) >= 11 is 0. The van der Waals surface area contributed by atoms with Gasteiger partial charge in [0.2, 0.25) is 0 Å². The van der Waals surface area contributed by atoms with E-state index in [1.165, 1.54) is 18.9 Å². The highest BCUT2D eigenvalue weighted by atomic mass is 16.5. The third-order valence-electron chi connectivity index (χ3n) is 5.85. The highest BCUT2D eigenvalue weighted by molar-refractivity contribution is 5.96. The molecule has 29 heavy (non-hydrogen) atoms. The number of hydrogen-bond acceptors (Lipinski definition) is 5. The number of aromatic hydroxyl groups is 1. The van der Waals surface area contributed by atoms with E-state index >= 15 is 0 Å². The lowest BCUT2D eigenvalue weighted by atomic mass is 9.96. The van der Waals surface area contributed by atoms with Gasteiger partial charge in [0, 0.05) is 35.7 Å². The Morgan fingerprint density at radius 3 is 2.69 bits per heavy atom. The van der Waals surface area contributed by atoms with Crippen molar-refractivity contribution in [2.45, 2.75) is 33.2 Å². The molecule has 0 amide bonds. The van der Waals surface area contributed by atoms with Crippen LogP contribution in [0.3, 0.4) is 0 Å². The Bertz CT molecular complexity index is 1080. The molecule has 1 saturated heterocycles. The number of methoxy groups -OCH3 is 1. The summed E-state index contributed by atoms with van der Waals surface area (Å²) in [5, 5.41) is 11.6. The second kappa shape index (κ2) is 7.91. The molecular formula is C24H27NO4. The molecule has 4 rings (SSSR count). The summed E-state index contributed by atoms with van der Waals surface area (Å²) in [7, 11) is 1.63. The van der Waals surface area contributed by atoms with Crippen molar-refractivity contribution in [3.05, 3.63) is 57.9 Å². The topological polar surface area (TPSA) is 62.9 Å². The quantitative estimate of drug-likeness (QED) is 0.650. The molecule has 1 fully saturated rings. The number of benzene rings is 2. The largest absolute Gasteiger partial charge is 0.507 e. The molecule has 1 N–H and O–H groups in total. The van der Waals surface area contributed by atoms with Gasteiger partial charge in [-0.1, -0.05) is 19.1 Å². The zero-order chi connectivity index (χ0) is 20.5. The van der Waals surface area contributed by atoms with Crippen LogP contribution >= 0.6 is 0 Å². The Hall–Kier alpha value is -2.79. The number of rotatable bonds is 4. The molecule has 2 aromatic carbocycles. The third kappa shape index (κ3) is 3.87. The summed E-state index contributed by atoms with van der Waals surface area (Å²) < 4.78 is 10.7. The van der Waals surface area contributed by atoms with Gasteiger partial charge in [0.15, 0.2) is 0 Å². The summed E-state index contributed by atoms with van der Waals surface area (Å²) in [6.07, 6.45) is 2.44. The Kier molecular flexibility index (Phi) is 5.33. The second-order valence-corrected chi connectivity index (χ2v) is 8.08. The molecule has 1 aliphatic heterocycles. The molecule has 0 aliphatic carbocycles. The van der Waals surface area contributed by atoms with Gasteiger partial charge in [-0.2, -0.15) is 0 Å². The molecular weight excluding hydrogens is 366 g/mol. The molecule has 0 spiro atoms. The van der Waals surface area contributed by atoms with Crippen LogP contribution in [-0.4, -0.2) is 30.2 Å². The maximum Gasteiger partial charge on any atom is 0.336 e. The van der Waals surface area contributed by atoms with E-state index in [4.69, 9.17) is 9.15 Å². The van der Waals surface area contributed by atoms with Crippen LogP contribution in [0.15, 0.2) is 45.6 Å². The molecule has 0 saturated carbocycles. The van der Waals surface area contributed by atoms with Crippen LogP contribution in [-0.2, 0) is 6.54 Å². The fourth-order valence-electron chi connectivity index (χ4n) is 4.32. The average molecular weight is 393 g/mol. The minimum atomic E-state index is -0.427. The molecule has 5 heteroatoms. The summed E-state index contributed by atoms with van der Waals surface area (Å²) in [5.74, 6) is 1.64. The van der Waals surface area contributed by atoms with Gasteiger partial charge in [0.1, 0.15) is 17.1 Å². The zero-order valence-corrected chi connectivity index (χ0v) is 17.2. The summed E-state index contributed by atoms with van der Waals surface area (Å²) in [6.45, 7) is 6.84. The first-order chi connectivity index (χ1) is 14.0. The standard InChI is InChI=1S/C24H27NO4/c1-15-5-4-10-25(13-15)14-18-11-21-20(17-6-8-19(28-3)9-7-17)12-22(26)29-24(21)16(2)23(18)27/h6-9,11-12,15,27H,4-5,10,13-14H2,1-3H3/t15-/m0/s1. The van der Waals surface area contributed by atoms with Crippen LogP contribution in [0.25, 0.3) is 22.1 Å². The van der Waals surface area contributed by atoms with E-state index < -0.39 is 5.63 Å². The fourth-order valence-corrected chi connectivity index (χ4v) is 4.32. The number of ether oxygens (including phenoxy) is 1. The van der Waals surface area contributed by atoms with Crippen molar-refractivity contribution in [1.29, 1.82) is 0 Å². The summed E-state index contributed by atoms with van der Waals surface area (Å²) in [5.41, 5.74) is 3.20. The molecule has 0 radical (unpaired) electrons. The smallest absolute Gasteiger partial charge is 0.336 e. The zero-order valence-electron chi connectivity index (χ0n) is 17.2. The van der Waals surface area contributed by atoms with Gasteiger partial charge in [-0.3, -0.25) is 4.90 Å². The Morgan fingerprint density at radius 2 is 2.00 bits per heavy atom. The minimum absolute atomic E-state index is 0.214. The molecule has 1 atom stereocenters. The third-order valence-corrected chi connectivity index (χ3v) is 5.85. The normalized spacial score (nSPS) is 17.6. The average Bonchev–Trinajstić information content (AvgIpc) is 2.72. The predicted octanol–water partition coefficient (Wildman–Crippen LogP) is 4.71. The van der Waals surface area contributed by atoms with Crippen molar-refractivity contribution >= 4 is 11.0 Å². The Balaban J connectivity index is 1.83. The first-order valence-electron chi connectivity index (χ1n) is 10.1. The van der Waals surface area contributed by atoms with Crippen LogP contribution in [0.4, 0.5) is 0 Å². The minimum Gasteiger partial charge on any atom is -0.507 e. The van der Waals surface area contributed by atoms with Crippen LogP contribution in [0, 0.1) is 12.8 Å². The van der Waals surface area contributed by atoms with E-state index in [-0.39, 0.29) is 5.75 Å². The van der Waals surface area contributed by atoms with E-state index in [1.807, 2.05) is 30.3 Å². The molecule has 0 unspecified atom stereocenters. The number of piperidine rings is 1. The second-order valence-electron chi connectivity index (χ2n) is 8.08. The van der Waals surface area contributed by atoms with Gasteiger partial charge in [-0.05, 0) is 61.6 Å². The lowest BCUT2D eigenvalue weighted by Gasteiger charge is -2.31. The summed E-state index contributed by atoms with van der Waals surface area (Å²) in [6, 6.07) is 11.1. The molecule has 1 aliphatic rings. The number of phenols is 1. The van der Waals surface area contributed by atoms with Gasteiger partial charge in [-0.25, -0.2) is 4.79 Å². The number of phenolic OH excluding ortho intramolecular Hbond substituents is 1. The molecule has 1 aromatic heterocycles. The Labute approximate surface area is 170 Å². The van der Waals surface area contributed by atoms with Gasteiger partial charge in [-0.15, -0.1) is 0 Å². The number of hydrogen-bond donors (Lipinski definition) is 1. The van der Waals surface area contributed by atoms with Crippen LogP contribution in [0.2, 0.25) is 0 Å². The number of aryl methyl sites for hydroxylation is 1. The van der Waals surface area contributed by atoms with E-state index in [0.717, 1.165) is 40.9 Å². The van der Waals surface area contributed by atoms with Crippen molar-refractivity contribution < 1.29 is 14.3 Å². The van der Waals surface area contributed by atoms with Crippen molar-refractivity contribution in [1.82, 2.24) is 4.90 Å². The highest BCUT2D eigenvalue weighted by Crippen LogP contribution is 2.36. The SMILES string of the molecule is COc1ccc(-c2cc(=O)oc3c(C)c(O)c(CN4CCC[C@H](C)C4)cc23)cc1.